The smallest absolute Gasteiger partial charge is 0.0758 e. The van der Waals surface area contributed by atoms with Gasteiger partial charge in [0.15, 0.2) is 0 Å². The molecule has 0 bridgehead atoms. The Morgan fingerprint density at radius 2 is 1.78 bits per heavy atom. The van der Waals surface area contributed by atoms with Crippen LogP contribution in [0, 0.1) is 6.92 Å². The van der Waals surface area contributed by atoms with Gasteiger partial charge in [0, 0.05) is 4.90 Å². The van der Waals surface area contributed by atoms with Crippen LogP contribution in [0.15, 0.2) is 29.2 Å². The van der Waals surface area contributed by atoms with E-state index in [2.05, 4.69) is 31.2 Å². The standard InChI is InChI=1S/C7H10SSi/c1-6-2-4-7(8-9)5-3-6/h2-5H,1,9H3. The fourth-order valence-electron chi connectivity index (χ4n) is 0.674. The lowest BCUT2D eigenvalue weighted by Crippen LogP contribution is -1.70. The molecule has 0 aliphatic heterocycles. The van der Waals surface area contributed by atoms with Gasteiger partial charge < -0.3 is 0 Å². The van der Waals surface area contributed by atoms with Crippen molar-refractivity contribution in [2.45, 2.75) is 11.8 Å². The highest BCUT2D eigenvalue weighted by molar-refractivity contribution is 8.19. The van der Waals surface area contributed by atoms with Crippen LogP contribution in [-0.2, 0) is 0 Å². The van der Waals surface area contributed by atoms with E-state index in [4.69, 9.17) is 0 Å². The first-order valence-corrected chi connectivity index (χ1v) is 6.61. The Morgan fingerprint density at radius 1 is 1.22 bits per heavy atom. The molecule has 0 fully saturated rings. The molecule has 0 aliphatic carbocycles. The molecule has 0 aliphatic rings. The quantitative estimate of drug-likeness (QED) is 0.551. The van der Waals surface area contributed by atoms with Crippen molar-refractivity contribution < 1.29 is 0 Å². The summed E-state index contributed by atoms with van der Waals surface area (Å²) in [6.07, 6.45) is 0. The van der Waals surface area contributed by atoms with Crippen LogP contribution in [0.25, 0.3) is 0 Å². The summed E-state index contributed by atoms with van der Waals surface area (Å²) in [4.78, 5) is 1.40. The number of hydrogen-bond acceptors (Lipinski definition) is 1. The maximum absolute atomic E-state index is 2.17. The molecule has 0 radical (unpaired) electrons. The molecule has 0 saturated carbocycles. The van der Waals surface area contributed by atoms with E-state index in [0.29, 0.717) is 0 Å². The van der Waals surface area contributed by atoms with Gasteiger partial charge in [0.2, 0.25) is 0 Å². The number of benzene rings is 1. The summed E-state index contributed by atoms with van der Waals surface area (Å²) in [7, 11) is 1.19. The van der Waals surface area contributed by atoms with Crippen LogP contribution in [0.3, 0.4) is 0 Å². The minimum Gasteiger partial charge on any atom is -0.164 e. The molecular weight excluding hydrogens is 144 g/mol. The average Bonchev–Trinajstić information content (AvgIpc) is 1.90. The zero-order chi connectivity index (χ0) is 6.69. The Hall–Kier alpha value is -0.213. The van der Waals surface area contributed by atoms with Gasteiger partial charge in [-0.3, -0.25) is 0 Å². The van der Waals surface area contributed by atoms with Crippen LogP contribution >= 0.6 is 11.2 Å². The average molecular weight is 154 g/mol. The van der Waals surface area contributed by atoms with E-state index < -0.39 is 0 Å². The lowest BCUT2D eigenvalue weighted by Gasteiger charge is -1.94. The van der Waals surface area contributed by atoms with Crippen LogP contribution < -0.4 is 0 Å². The van der Waals surface area contributed by atoms with Crippen LogP contribution in [0.4, 0.5) is 0 Å². The summed E-state index contributed by atoms with van der Waals surface area (Å²) < 4.78 is 0. The number of aryl methyl sites for hydroxylation is 1. The predicted molar refractivity (Wildman–Crippen MR) is 47.0 cm³/mol. The highest BCUT2D eigenvalue weighted by atomic mass is 32.4. The molecule has 1 rings (SSSR count). The van der Waals surface area contributed by atoms with Gasteiger partial charge >= 0.3 is 0 Å². The predicted octanol–water partition coefficient (Wildman–Crippen LogP) is 1.37. The fourth-order valence-corrected chi connectivity index (χ4v) is 1.90. The first-order valence-electron chi connectivity index (χ1n) is 2.93. The minimum atomic E-state index is 1.19. The molecule has 0 aromatic heterocycles. The second kappa shape index (κ2) is 3.08. The minimum absolute atomic E-state index is 1.19. The third-order valence-corrected chi connectivity index (χ3v) is 3.41. The van der Waals surface area contributed by atoms with Crippen molar-refractivity contribution in [2.75, 3.05) is 0 Å². The normalized spacial score (nSPS) is 9.89. The van der Waals surface area contributed by atoms with Gasteiger partial charge in [-0.05, 0) is 19.1 Å². The Morgan fingerprint density at radius 3 is 2.22 bits per heavy atom. The highest BCUT2D eigenvalue weighted by Crippen LogP contribution is 2.12. The SMILES string of the molecule is Cc1ccc(S[SiH3])cc1. The molecule has 0 unspecified atom stereocenters. The van der Waals surface area contributed by atoms with Crippen molar-refractivity contribution >= 4 is 20.6 Å². The van der Waals surface area contributed by atoms with Crippen molar-refractivity contribution in [1.29, 1.82) is 0 Å². The largest absolute Gasteiger partial charge is 0.164 e. The molecule has 2 heteroatoms. The molecule has 48 valence electrons. The van der Waals surface area contributed by atoms with Crippen LogP contribution in [0.2, 0.25) is 0 Å². The molecule has 1 aromatic rings. The van der Waals surface area contributed by atoms with Gasteiger partial charge in [0.1, 0.15) is 0 Å². The van der Waals surface area contributed by atoms with E-state index in [9.17, 15) is 0 Å². The summed E-state index contributed by atoms with van der Waals surface area (Å²) in [5.74, 6) is 0. The first kappa shape index (κ1) is 6.90. The second-order valence-electron chi connectivity index (χ2n) is 2.02. The Labute approximate surface area is 62.7 Å². The maximum Gasteiger partial charge on any atom is 0.0758 e. The molecular formula is C7H10SSi. The van der Waals surface area contributed by atoms with E-state index in [0.717, 1.165) is 0 Å². The molecule has 0 spiro atoms. The van der Waals surface area contributed by atoms with Crippen molar-refractivity contribution in [3.63, 3.8) is 0 Å². The molecule has 0 atom stereocenters. The van der Waals surface area contributed by atoms with Gasteiger partial charge in [-0.25, -0.2) is 0 Å². The highest BCUT2D eigenvalue weighted by Gasteiger charge is 1.85. The lowest BCUT2D eigenvalue weighted by atomic mass is 10.2. The summed E-state index contributed by atoms with van der Waals surface area (Å²) in [5.41, 5.74) is 1.34. The van der Waals surface area contributed by atoms with E-state index in [-0.39, 0.29) is 0 Å². The van der Waals surface area contributed by atoms with Crippen LogP contribution in [0.5, 0.6) is 0 Å². The fraction of sp³-hybridized carbons (Fsp3) is 0.143. The Bertz CT molecular complexity index is 181. The van der Waals surface area contributed by atoms with Crippen molar-refractivity contribution in [1.82, 2.24) is 0 Å². The Balaban J connectivity index is 2.88. The molecule has 1 aromatic carbocycles. The van der Waals surface area contributed by atoms with Crippen molar-refractivity contribution in [2.24, 2.45) is 0 Å². The summed E-state index contributed by atoms with van der Waals surface area (Å²) in [6, 6.07) is 8.65. The van der Waals surface area contributed by atoms with Crippen LogP contribution in [-0.4, -0.2) is 9.39 Å². The zero-order valence-corrected chi connectivity index (χ0v) is 8.53. The summed E-state index contributed by atoms with van der Waals surface area (Å²) in [6.45, 7) is 2.11. The molecule has 0 N–H and O–H groups in total. The number of hydrogen-bond donors (Lipinski definition) is 0. The molecule has 0 amide bonds. The van der Waals surface area contributed by atoms with Gasteiger partial charge in [-0.2, -0.15) is 11.2 Å². The first-order chi connectivity index (χ1) is 4.33. The topological polar surface area (TPSA) is 0 Å². The van der Waals surface area contributed by atoms with Gasteiger partial charge in [-0.1, -0.05) is 17.7 Å². The molecule has 0 saturated heterocycles. The monoisotopic (exact) mass is 154 g/mol. The maximum atomic E-state index is 2.17. The van der Waals surface area contributed by atoms with Crippen LogP contribution in [0.1, 0.15) is 5.56 Å². The number of rotatable bonds is 1. The second-order valence-corrected chi connectivity index (χ2v) is 4.12. The molecule has 9 heavy (non-hydrogen) atoms. The van der Waals surface area contributed by atoms with Crippen molar-refractivity contribution in [3.05, 3.63) is 29.8 Å². The third kappa shape index (κ3) is 1.88. The molecule has 0 nitrogen and oxygen atoms in total. The van der Waals surface area contributed by atoms with Gasteiger partial charge in [0.25, 0.3) is 0 Å². The van der Waals surface area contributed by atoms with Gasteiger partial charge in [-0.15, -0.1) is 0 Å². The summed E-state index contributed by atoms with van der Waals surface area (Å²) >= 11 is 1.92. The van der Waals surface area contributed by atoms with Gasteiger partial charge in [0.05, 0.1) is 9.39 Å². The zero-order valence-electron chi connectivity index (χ0n) is 5.72. The van der Waals surface area contributed by atoms with E-state index in [1.54, 1.807) is 0 Å². The van der Waals surface area contributed by atoms with E-state index >= 15 is 0 Å². The van der Waals surface area contributed by atoms with E-state index in [1.165, 1.54) is 19.9 Å². The summed E-state index contributed by atoms with van der Waals surface area (Å²) in [5, 5.41) is 0. The third-order valence-electron chi connectivity index (χ3n) is 1.26. The lowest BCUT2D eigenvalue weighted by molar-refractivity contribution is 1.38. The Kier molecular flexibility index (Phi) is 2.36. The molecule has 0 heterocycles. The van der Waals surface area contributed by atoms with E-state index in [1.807, 2.05) is 11.2 Å². The van der Waals surface area contributed by atoms with Crippen molar-refractivity contribution in [3.8, 4) is 0 Å².